The minimum Gasteiger partial charge on any atom is -0.328 e. The van der Waals surface area contributed by atoms with Crippen molar-refractivity contribution in [2.75, 3.05) is 0 Å². The van der Waals surface area contributed by atoms with Crippen molar-refractivity contribution in [1.29, 1.82) is 0 Å². The van der Waals surface area contributed by atoms with Gasteiger partial charge in [-0.1, -0.05) is 5.21 Å². The van der Waals surface area contributed by atoms with E-state index in [1.807, 2.05) is 6.92 Å². The number of halogens is 1. The van der Waals surface area contributed by atoms with Crippen molar-refractivity contribution in [2.24, 2.45) is 12.8 Å². The highest BCUT2D eigenvalue weighted by atomic mass is 79.9. The molecule has 1 atom stereocenters. The molecule has 1 aromatic heterocycles. The van der Waals surface area contributed by atoms with Crippen LogP contribution >= 0.6 is 15.9 Å². The number of Topliss-reactive ketones (excluding diaryl/α,β-unsaturated/α-hetero) is 1. The molecule has 5 nitrogen and oxygen atoms in total. The summed E-state index contributed by atoms with van der Waals surface area (Å²) in [6.45, 7) is 1.88. The third-order valence-electron chi connectivity index (χ3n) is 1.88. The standard InChI is InChI=1S/C8H13BrN4O/c1-5(10)3-4-6(14)7-8(9)11-12-13(7)2/h5H,3-4,10H2,1-2H3. The number of hydrogen-bond acceptors (Lipinski definition) is 4. The van der Waals surface area contributed by atoms with E-state index in [1.54, 1.807) is 7.05 Å². The van der Waals surface area contributed by atoms with Gasteiger partial charge in [-0.25, -0.2) is 4.68 Å². The number of hydrogen-bond donors (Lipinski definition) is 1. The van der Waals surface area contributed by atoms with Gasteiger partial charge in [0.2, 0.25) is 0 Å². The Labute approximate surface area is 90.8 Å². The van der Waals surface area contributed by atoms with Crippen LogP contribution < -0.4 is 5.73 Å². The average molecular weight is 261 g/mol. The zero-order chi connectivity index (χ0) is 10.7. The number of aryl methyl sites for hydroxylation is 1. The van der Waals surface area contributed by atoms with E-state index >= 15 is 0 Å². The van der Waals surface area contributed by atoms with Gasteiger partial charge in [-0.3, -0.25) is 4.79 Å². The minimum atomic E-state index is 0.0154. The van der Waals surface area contributed by atoms with Gasteiger partial charge in [0.25, 0.3) is 0 Å². The van der Waals surface area contributed by atoms with E-state index in [4.69, 9.17) is 5.73 Å². The lowest BCUT2D eigenvalue weighted by Gasteiger charge is -2.03. The lowest BCUT2D eigenvalue weighted by Crippen LogP contribution is -2.17. The molecule has 0 aliphatic heterocycles. The molecule has 0 saturated carbocycles. The number of nitrogens with two attached hydrogens (primary N) is 1. The van der Waals surface area contributed by atoms with Gasteiger partial charge >= 0.3 is 0 Å². The highest BCUT2D eigenvalue weighted by molar-refractivity contribution is 9.10. The Bertz CT molecular complexity index is 315. The van der Waals surface area contributed by atoms with Crippen LogP contribution in [0.1, 0.15) is 30.3 Å². The quantitative estimate of drug-likeness (QED) is 0.817. The first-order valence-electron chi connectivity index (χ1n) is 4.36. The van der Waals surface area contributed by atoms with Crippen LogP contribution in [0.15, 0.2) is 4.60 Å². The summed E-state index contributed by atoms with van der Waals surface area (Å²) >= 11 is 3.18. The summed E-state index contributed by atoms with van der Waals surface area (Å²) in [5.74, 6) is 0.0154. The zero-order valence-electron chi connectivity index (χ0n) is 8.20. The van der Waals surface area contributed by atoms with E-state index in [9.17, 15) is 4.79 Å². The first-order valence-corrected chi connectivity index (χ1v) is 5.15. The van der Waals surface area contributed by atoms with E-state index in [1.165, 1.54) is 4.68 Å². The van der Waals surface area contributed by atoms with Crippen LogP contribution in [-0.2, 0) is 7.05 Å². The van der Waals surface area contributed by atoms with Gasteiger partial charge < -0.3 is 5.73 Å². The molecule has 0 bridgehead atoms. The number of rotatable bonds is 4. The molecule has 14 heavy (non-hydrogen) atoms. The summed E-state index contributed by atoms with van der Waals surface area (Å²) in [5, 5.41) is 7.47. The van der Waals surface area contributed by atoms with E-state index in [0.717, 1.165) is 0 Å². The van der Waals surface area contributed by atoms with Crippen LogP contribution in [0.5, 0.6) is 0 Å². The normalized spacial score (nSPS) is 12.9. The summed E-state index contributed by atoms with van der Waals surface area (Å²) in [6.07, 6.45) is 1.11. The van der Waals surface area contributed by atoms with Gasteiger partial charge in [0, 0.05) is 19.5 Å². The Morgan fingerprint density at radius 2 is 2.36 bits per heavy atom. The van der Waals surface area contributed by atoms with Crippen LogP contribution in [-0.4, -0.2) is 26.8 Å². The molecular formula is C8H13BrN4O. The van der Waals surface area contributed by atoms with Crippen LogP contribution in [0, 0.1) is 0 Å². The number of aromatic nitrogens is 3. The van der Waals surface area contributed by atoms with E-state index in [2.05, 4.69) is 26.2 Å². The van der Waals surface area contributed by atoms with Crippen LogP contribution in [0.25, 0.3) is 0 Å². The summed E-state index contributed by atoms with van der Waals surface area (Å²) in [5.41, 5.74) is 6.07. The fraction of sp³-hybridized carbons (Fsp3) is 0.625. The maximum absolute atomic E-state index is 11.7. The summed E-state index contributed by atoms with van der Waals surface area (Å²) < 4.78 is 1.96. The van der Waals surface area contributed by atoms with Crippen molar-refractivity contribution >= 4 is 21.7 Å². The summed E-state index contributed by atoms with van der Waals surface area (Å²) in [7, 11) is 1.69. The third kappa shape index (κ3) is 2.62. The number of ketones is 1. The van der Waals surface area contributed by atoms with Crippen molar-refractivity contribution in [3.63, 3.8) is 0 Å². The van der Waals surface area contributed by atoms with E-state index < -0.39 is 0 Å². The Hall–Kier alpha value is -0.750. The Kier molecular flexibility index (Phi) is 3.77. The van der Waals surface area contributed by atoms with Gasteiger partial charge in [0.05, 0.1) is 0 Å². The van der Waals surface area contributed by atoms with Crippen molar-refractivity contribution < 1.29 is 4.79 Å². The molecule has 0 fully saturated rings. The fourth-order valence-corrected chi connectivity index (χ4v) is 1.65. The van der Waals surface area contributed by atoms with Crippen LogP contribution in [0.4, 0.5) is 0 Å². The van der Waals surface area contributed by atoms with Gasteiger partial charge in [-0.2, -0.15) is 0 Å². The molecule has 0 aromatic carbocycles. The van der Waals surface area contributed by atoms with Gasteiger partial charge in [-0.15, -0.1) is 5.10 Å². The maximum Gasteiger partial charge on any atom is 0.183 e. The van der Waals surface area contributed by atoms with Crippen LogP contribution in [0.3, 0.4) is 0 Å². The van der Waals surface area contributed by atoms with Crippen LogP contribution in [0.2, 0.25) is 0 Å². The SMILES string of the molecule is CC(N)CCC(=O)c1c(Br)nnn1C. The predicted molar refractivity (Wildman–Crippen MR) is 55.9 cm³/mol. The topological polar surface area (TPSA) is 73.8 Å². The monoisotopic (exact) mass is 260 g/mol. The van der Waals surface area contributed by atoms with Gasteiger partial charge in [0.1, 0.15) is 5.69 Å². The minimum absolute atomic E-state index is 0.0154. The third-order valence-corrected chi connectivity index (χ3v) is 2.41. The molecule has 0 aliphatic carbocycles. The molecular weight excluding hydrogens is 248 g/mol. The van der Waals surface area contributed by atoms with Gasteiger partial charge in [-0.05, 0) is 29.3 Å². The van der Waals surface area contributed by atoms with Crippen molar-refractivity contribution in [3.8, 4) is 0 Å². The first kappa shape index (κ1) is 11.3. The predicted octanol–water partition coefficient (Wildman–Crippen LogP) is 0.888. The van der Waals surface area contributed by atoms with E-state index in [-0.39, 0.29) is 11.8 Å². The molecule has 6 heteroatoms. The Morgan fingerprint density at radius 1 is 1.71 bits per heavy atom. The second kappa shape index (κ2) is 4.65. The molecule has 2 N–H and O–H groups in total. The molecule has 0 saturated heterocycles. The van der Waals surface area contributed by atoms with Crippen molar-refractivity contribution in [2.45, 2.75) is 25.8 Å². The summed E-state index contributed by atoms with van der Waals surface area (Å²) in [4.78, 5) is 11.7. The molecule has 1 unspecified atom stereocenters. The number of carbonyl (C=O) groups excluding carboxylic acids is 1. The molecule has 1 heterocycles. The highest BCUT2D eigenvalue weighted by Gasteiger charge is 2.16. The maximum atomic E-state index is 11.7. The molecule has 78 valence electrons. The largest absolute Gasteiger partial charge is 0.328 e. The zero-order valence-corrected chi connectivity index (χ0v) is 9.78. The second-order valence-corrected chi connectivity index (χ2v) is 4.04. The molecule has 1 rings (SSSR count). The lowest BCUT2D eigenvalue weighted by molar-refractivity contribution is 0.0968. The Balaban J connectivity index is 2.70. The second-order valence-electron chi connectivity index (χ2n) is 3.29. The number of nitrogens with zero attached hydrogens (tertiary/aromatic N) is 3. The fourth-order valence-electron chi connectivity index (χ4n) is 1.10. The summed E-state index contributed by atoms with van der Waals surface area (Å²) in [6, 6.07) is 0.0407. The average Bonchev–Trinajstić information content (AvgIpc) is 2.42. The molecule has 0 aliphatic rings. The first-order chi connectivity index (χ1) is 6.52. The molecule has 0 amide bonds. The highest BCUT2D eigenvalue weighted by Crippen LogP contribution is 2.14. The molecule has 1 aromatic rings. The molecule has 0 radical (unpaired) electrons. The lowest BCUT2D eigenvalue weighted by atomic mass is 10.1. The van der Waals surface area contributed by atoms with Crippen molar-refractivity contribution in [3.05, 3.63) is 10.3 Å². The smallest absolute Gasteiger partial charge is 0.183 e. The number of carbonyl (C=O) groups is 1. The van der Waals surface area contributed by atoms with Crippen molar-refractivity contribution in [1.82, 2.24) is 15.0 Å². The van der Waals surface area contributed by atoms with E-state index in [0.29, 0.717) is 23.1 Å². The molecule has 0 spiro atoms. The Morgan fingerprint density at radius 3 is 2.79 bits per heavy atom. The van der Waals surface area contributed by atoms with Gasteiger partial charge in [0.15, 0.2) is 10.4 Å².